The lowest BCUT2D eigenvalue weighted by Gasteiger charge is -2.34. The zero-order valence-electron chi connectivity index (χ0n) is 20.4. The molecule has 0 saturated carbocycles. The van der Waals surface area contributed by atoms with Gasteiger partial charge in [-0.1, -0.05) is 12.1 Å². The second kappa shape index (κ2) is 10.6. The van der Waals surface area contributed by atoms with Crippen LogP contribution in [0.25, 0.3) is 11.3 Å². The van der Waals surface area contributed by atoms with E-state index in [0.29, 0.717) is 43.5 Å². The Kier molecular flexibility index (Phi) is 7.57. The number of hydrogen-bond donors (Lipinski definition) is 0. The Morgan fingerprint density at radius 1 is 1.03 bits per heavy atom. The summed E-state index contributed by atoms with van der Waals surface area (Å²) in [6.07, 6.45) is 2.35. The number of nitrogens with zero attached hydrogens (tertiary/aromatic N) is 3. The molecule has 2 heterocycles. The summed E-state index contributed by atoms with van der Waals surface area (Å²) in [5.41, 5.74) is 3.36. The number of carbonyl (C=O) groups excluding carboxylic acids is 1. The maximum Gasteiger partial charge on any atom is 0.243 e. The van der Waals surface area contributed by atoms with Crippen molar-refractivity contribution in [1.29, 1.82) is 0 Å². The third-order valence-corrected chi connectivity index (χ3v) is 8.17. The number of rotatable bonds is 8. The van der Waals surface area contributed by atoms with E-state index >= 15 is 0 Å². The molecule has 1 fully saturated rings. The number of sulfonamides is 1. The van der Waals surface area contributed by atoms with E-state index < -0.39 is 10.0 Å². The standard InChI is InChI=1S/C26H31N3O5S/c1-4-33-22-7-9-23(10-8-22)35(31,32)29-15-13-28(14-16-29)26(30)12-11-25-27-18-24(34-25)21-6-5-19(2)20(3)17-21/h5-10,17-18H,4,11-16H2,1-3H3. The highest BCUT2D eigenvalue weighted by Gasteiger charge is 2.30. The van der Waals surface area contributed by atoms with Crippen molar-refractivity contribution in [3.8, 4) is 17.1 Å². The van der Waals surface area contributed by atoms with Gasteiger partial charge in [0, 0.05) is 44.6 Å². The van der Waals surface area contributed by atoms with Crippen LogP contribution in [0.4, 0.5) is 0 Å². The smallest absolute Gasteiger partial charge is 0.243 e. The molecule has 0 atom stereocenters. The topological polar surface area (TPSA) is 93.0 Å². The average molecular weight is 498 g/mol. The Balaban J connectivity index is 1.29. The Labute approximate surface area is 206 Å². The molecule has 0 radical (unpaired) electrons. The number of amides is 1. The number of piperazine rings is 1. The van der Waals surface area contributed by atoms with Gasteiger partial charge in [-0.25, -0.2) is 13.4 Å². The largest absolute Gasteiger partial charge is 0.494 e. The fraction of sp³-hybridized carbons (Fsp3) is 0.385. The predicted octanol–water partition coefficient (Wildman–Crippen LogP) is 3.82. The molecule has 1 amide bonds. The van der Waals surface area contributed by atoms with Gasteiger partial charge in [-0.2, -0.15) is 4.31 Å². The molecule has 4 rings (SSSR count). The van der Waals surface area contributed by atoms with Crippen molar-refractivity contribution in [3.63, 3.8) is 0 Å². The molecule has 0 bridgehead atoms. The van der Waals surface area contributed by atoms with Gasteiger partial charge in [-0.15, -0.1) is 0 Å². The van der Waals surface area contributed by atoms with Crippen LogP contribution in [0.5, 0.6) is 5.75 Å². The SMILES string of the molecule is CCOc1ccc(S(=O)(=O)N2CCN(C(=O)CCc3ncc(-c4ccc(C)c(C)c4)o3)CC2)cc1. The Bertz CT molecular complexity index is 1280. The molecule has 1 saturated heterocycles. The average Bonchev–Trinajstić information content (AvgIpc) is 3.34. The van der Waals surface area contributed by atoms with E-state index in [0.717, 1.165) is 5.56 Å². The molecule has 0 spiro atoms. The third-order valence-electron chi connectivity index (χ3n) is 6.26. The normalized spacial score (nSPS) is 14.8. The molecule has 2 aromatic carbocycles. The Hall–Kier alpha value is -3.17. The highest BCUT2D eigenvalue weighted by Crippen LogP contribution is 2.24. The molecular formula is C26H31N3O5S. The van der Waals surface area contributed by atoms with Crippen LogP contribution in [0.15, 0.2) is 58.0 Å². The van der Waals surface area contributed by atoms with Crippen molar-refractivity contribution in [3.05, 3.63) is 65.7 Å². The minimum atomic E-state index is -3.61. The second-order valence-corrected chi connectivity index (χ2v) is 10.5. The molecule has 1 aliphatic rings. The van der Waals surface area contributed by atoms with E-state index in [1.807, 2.05) is 19.1 Å². The molecule has 1 aromatic heterocycles. The first-order valence-electron chi connectivity index (χ1n) is 11.8. The van der Waals surface area contributed by atoms with E-state index in [1.54, 1.807) is 35.4 Å². The first kappa shape index (κ1) is 24.9. The molecule has 9 heteroatoms. The van der Waals surface area contributed by atoms with Gasteiger partial charge in [0.1, 0.15) is 5.75 Å². The summed E-state index contributed by atoms with van der Waals surface area (Å²) in [5.74, 6) is 1.80. The molecule has 0 unspecified atom stereocenters. The molecule has 3 aromatic rings. The minimum absolute atomic E-state index is 0.0333. The van der Waals surface area contributed by atoms with Gasteiger partial charge in [-0.05, 0) is 62.2 Å². The maximum atomic E-state index is 13.0. The molecular weight excluding hydrogens is 466 g/mol. The number of aromatic nitrogens is 1. The number of oxazole rings is 1. The molecule has 0 N–H and O–H groups in total. The van der Waals surface area contributed by atoms with Crippen molar-refractivity contribution in [2.75, 3.05) is 32.8 Å². The first-order valence-corrected chi connectivity index (χ1v) is 13.2. The van der Waals surface area contributed by atoms with E-state index in [-0.39, 0.29) is 30.3 Å². The zero-order chi connectivity index (χ0) is 25.0. The minimum Gasteiger partial charge on any atom is -0.494 e. The van der Waals surface area contributed by atoms with Gasteiger partial charge >= 0.3 is 0 Å². The summed E-state index contributed by atoms with van der Waals surface area (Å²) in [6, 6.07) is 12.5. The first-order chi connectivity index (χ1) is 16.8. The summed E-state index contributed by atoms with van der Waals surface area (Å²) in [6.45, 7) is 7.74. The number of aryl methyl sites for hydroxylation is 3. The van der Waals surface area contributed by atoms with Crippen LogP contribution in [0.3, 0.4) is 0 Å². The number of ether oxygens (including phenoxy) is 1. The van der Waals surface area contributed by atoms with E-state index in [9.17, 15) is 13.2 Å². The summed E-state index contributed by atoms with van der Waals surface area (Å²) in [4.78, 5) is 19.0. The zero-order valence-corrected chi connectivity index (χ0v) is 21.2. The van der Waals surface area contributed by atoms with Gasteiger partial charge < -0.3 is 14.1 Å². The molecule has 186 valence electrons. The fourth-order valence-corrected chi connectivity index (χ4v) is 5.45. The van der Waals surface area contributed by atoms with Crippen LogP contribution in [0, 0.1) is 13.8 Å². The molecule has 8 nitrogen and oxygen atoms in total. The van der Waals surface area contributed by atoms with Gasteiger partial charge in [0.2, 0.25) is 15.9 Å². The third kappa shape index (κ3) is 5.74. The molecule has 35 heavy (non-hydrogen) atoms. The van der Waals surface area contributed by atoms with Crippen molar-refractivity contribution in [1.82, 2.24) is 14.2 Å². The Morgan fingerprint density at radius 2 is 1.74 bits per heavy atom. The summed E-state index contributed by atoms with van der Waals surface area (Å²) in [5, 5.41) is 0. The number of benzene rings is 2. The number of carbonyl (C=O) groups is 1. The van der Waals surface area contributed by atoms with Crippen LogP contribution < -0.4 is 4.74 Å². The van der Waals surface area contributed by atoms with Crippen LogP contribution in [0.2, 0.25) is 0 Å². The predicted molar refractivity (Wildman–Crippen MR) is 133 cm³/mol. The number of hydrogen-bond acceptors (Lipinski definition) is 6. The maximum absolute atomic E-state index is 13.0. The van der Waals surface area contributed by atoms with Gasteiger partial charge in [0.25, 0.3) is 0 Å². The van der Waals surface area contributed by atoms with Crippen LogP contribution in [0.1, 0.15) is 30.4 Å². The lowest BCUT2D eigenvalue weighted by molar-refractivity contribution is -0.132. The van der Waals surface area contributed by atoms with Crippen molar-refractivity contribution in [2.24, 2.45) is 0 Å². The van der Waals surface area contributed by atoms with E-state index in [2.05, 4.69) is 24.9 Å². The lowest BCUT2D eigenvalue weighted by Crippen LogP contribution is -2.50. The van der Waals surface area contributed by atoms with E-state index in [4.69, 9.17) is 9.15 Å². The highest BCUT2D eigenvalue weighted by atomic mass is 32.2. The summed E-state index contributed by atoms with van der Waals surface area (Å²) in [7, 11) is -3.61. The van der Waals surface area contributed by atoms with Crippen molar-refractivity contribution >= 4 is 15.9 Å². The highest BCUT2D eigenvalue weighted by molar-refractivity contribution is 7.89. The quantitative estimate of drug-likeness (QED) is 0.470. The van der Waals surface area contributed by atoms with Crippen LogP contribution in [-0.4, -0.2) is 61.3 Å². The fourth-order valence-electron chi connectivity index (χ4n) is 4.03. The second-order valence-electron chi connectivity index (χ2n) is 8.61. The van der Waals surface area contributed by atoms with Crippen molar-refractivity contribution in [2.45, 2.75) is 38.5 Å². The van der Waals surface area contributed by atoms with Crippen LogP contribution >= 0.6 is 0 Å². The summed E-state index contributed by atoms with van der Waals surface area (Å²) >= 11 is 0. The van der Waals surface area contributed by atoms with Gasteiger partial charge in [0.05, 0.1) is 17.7 Å². The molecule has 0 aliphatic carbocycles. The van der Waals surface area contributed by atoms with Crippen molar-refractivity contribution < 1.29 is 22.4 Å². The monoisotopic (exact) mass is 497 g/mol. The van der Waals surface area contributed by atoms with E-state index in [1.165, 1.54) is 15.4 Å². The Morgan fingerprint density at radius 3 is 2.40 bits per heavy atom. The van der Waals surface area contributed by atoms with Gasteiger partial charge in [-0.3, -0.25) is 4.79 Å². The molecule has 1 aliphatic heterocycles. The van der Waals surface area contributed by atoms with Crippen LogP contribution in [-0.2, 0) is 21.2 Å². The lowest BCUT2D eigenvalue weighted by atomic mass is 10.1. The van der Waals surface area contributed by atoms with Gasteiger partial charge in [0.15, 0.2) is 11.7 Å². The summed E-state index contributed by atoms with van der Waals surface area (Å²) < 4.78 is 38.6.